The molecule has 0 aliphatic heterocycles. The van der Waals surface area contributed by atoms with Gasteiger partial charge in [-0.15, -0.1) is 0 Å². The number of anilines is 1. The van der Waals surface area contributed by atoms with Crippen LogP contribution in [0.5, 0.6) is 11.5 Å². The zero-order chi connectivity index (χ0) is 23.2. The number of benzene rings is 2. The molecule has 7 nitrogen and oxygen atoms in total. The van der Waals surface area contributed by atoms with E-state index < -0.39 is 10.0 Å². The van der Waals surface area contributed by atoms with E-state index in [4.69, 9.17) is 32.7 Å². The Morgan fingerprint density at radius 3 is 2.39 bits per heavy atom. The van der Waals surface area contributed by atoms with Crippen molar-refractivity contribution in [3.63, 3.8) is 0 Å². The van der Waals surface area contributed by atoms with Crippen LogP contribution >= 0.6 is 23.2 Å². The predicted molar refractivity (Wildman–Crippen MR) is 124 cm³/mol. The van der Waals surface area contributed by atoms with Gasteiger partial charge in [-0.25, -0.2) is 8.42 Å². The van der Waals surface area contributed by atoms with Crippen molar-refractivity contribution in [2.75, 3.05) is 31.3 Å². The minimum atomic E-state index is -3.56. The molecule has 0 saturated heterocycles. The molecule has 0 radical (unpaired) electrons. The van der Waals surface area contributed by atoms with Gasteiger partial charge in [-0.3, -0.25) is 9.10 Å². The number of rotatable bonds is 10. The number of sulfonamides is 1. The third-order valence-corrected chi connectivity index (χ3v) is 6.57. The molecule has 170 valence electrons. The molecule has 0 aliphatic carbocycles. The summed E-state index contributed by atoms with van der Waals surface area (Å²) in [5, 5.41) is 3.50. The third kappa shape index (κ3) is 6.92. The summed E-state index contributed by atoms with van der Waals surface area (Å²) in [6.07, 6.45) is 1.57. The Morgan fingerprint density at radius 2 is 1.81 bits per heavy atom. The van der Waals surface area contributed by atoms with E-state index in [1.807, 2.05) is 6.92 Å². The topological polar surface area (TPSA) is 84.9 Å². The van der Waals surface area contributed by atoms with Gasteiger partial charge in [0, 0.05) is 18.5 Å². The molecule has 0 fully saturated rings. The summed E-state index contributed by atoms with van der Waals surface area (Å²) in [4.78, 5) is 12.5. The summed E-state index contributed by atoms with van der Waals surface area (Å²) in [5.41, 5.74) is 1.18. The highest BCUT2D eigenvalue weighted by atomic mass is 35.5. The Bertz CT molecular complexity index is 1030. The third-order valence-electron chi connectivity index (χ3n) is 4.64. The van der Waals surface area contributed by atoms with Gasteiger partial charge >= 0.3 is 0 Å². The molecule has 0 aromatic heterocycles. The first kappa shape index (κ1) is 25.1. The second-order valence-corrected chi connectivity index (χ2v) is 9.66. The van der Waals surface area contributed by atoms with Gasteiger partial charge in [0.15, 0.2) is 0 Å². The Hall–Kier alpha value is -2.16. The molecule has 1 atom stereocenters. The SMILES string of the molecule is COc1ccc(OC)c([C@H](C)NC(=O)CCCN(c2ccc(Cl)c(Cl)c2)S(C)(=O)=O)c1. The summed E-state index contributed by atoms with van der Waals surface area (Å²) in [6, 6.07) is 9.64. The quantitative estimate of drug-likeness (QED) is 0.534. The highest BCUT2D eigenvalue weighted by Gasteiger charge is 2.20. The lowest BCUT2D eigenvalue weighted by molar-refractivity contribution is -0.121. The van der Waals surface area contributed by atoms with Crippen LogP contribution in [0.3, 0.4) is 0 Å². The molecular weight excluding hydrogens is 463 g/mol. The molecule has 2 aromatic carbocycles. The summed E-state index contributed by atoms with van der Waals surface area (Å²) in [7, 11) is -0.435. The monoisotopic (exact) mass is 488 g/mol. The van der Waals surface area contributed by atoms with Crippen LogP contribution in [0.15, 0.2) is 36.4 Å². The van der Waals surface area contributed by atoms with E-state index in [2.05, 4.69) is 5.32 Å². The van der Waals surface area contributed by atoms with Crippen LogP contribution < -0.4 is 19.1 Å². The molecule has 2 aromatic rings. The molecule has 0 heterocycles. The minimum absolute atomic E-state index is 0.126. The van der Waals surface area contributed by atoms with Crippen molar-refractivity contribution in [1.29, 1.82) is 0 Å². The van der Waals surface area contributed by atoms with Crippen molar-refractivity contribution >= 4 is 44.8 Å². The lowest BCUT2D eigenvalue weighted by atomic mass is 10.1. The van der Waals surface area contributed by atoms with Crippen molar-refractivity contribution in [3.05, 3.63) is 52.0 Å². The standard InChI is InChI=1S/C21H26Cl2N2O5S/c1-14(17-13-16(29-2)8-10-20(17)30-3)24-21(26)6-5-11-25(31(4,27)28)15-7-9-18(22)19(23)12-15/h7-10,12-14H,5-6,11H2,1-4H3,(H,24,26)/t14-/m0/s1. The van der Waals surface area contributed by atoms with Gasteiger partial charge in [0.25, 0.3) is 0 Å². The van der Waals surface area contributed by atoms with Crippen LogP contribution in [0.2, 0.25) is 10.0 Å². The maximum Gasteiger partial charge on any atom is 0.232 e. The summed E-state index contributed by atoms with van der Waals surface area (Å²) in [5.74, 6) is 1.08. The van der Waals surface area contributed by atoms with Crippen LogP contribution in [0, 0.1) is 0 Å². The number of nitrogens with one attached hydrogen (secondary N) is 1. The summed E-state index contributed by atoms with van der Waals surface area (Å²) in [6.45, 7) is 1.97. The van der Waals surface area contributed by atoms with Crippen molar-refractivity contribution in [1.82, 2.24) is 5.32 Å². The number of carbonyl (C=O) groups is 1. The Kier molecular flexibility index (Phi) is 8.85. The van der Waals surface area contributed by atoms with E-state index in [1.54, 1.807) is 38.5 Å². The largest absolute Gasteiger partial charge is 0.497 e. The van der Waals surface area contributed by atoms with Gasteiger partial charge < -0.3 is 14.8 Å². The average Bonchev–Trinajstić information content (AvgIpc) is 2.71. The first-order chi connectivity index (χ1) is 14.6. The highest BCUT2D eigenvalue weighted by Crippen LogP contribution is 2.30. The first-order valence-corrected chi connectivity index (χ1v) is 12.1. The Labute approximate surface area is 193 Å². The van der Waals surface area contributed by atoms with E-state index in [-0.39, 0.29) is 29.9 Å². The molecule has 0 spiro atoms. The number of carbonyl (C=O) groups excluding carboxylic acids is 1. The van der Waals surface area contributed by atoms with Crippen LogP contribution in [0.4, 0.5) is 5.69 Å². The number of nitrogens with zero attached hydrogens (tertiary/aromatic N) is 1. The number of amides is 1. The van der Waals surface area contributed by atoms with E-state index >= 15 is 0 Å². The highest BCUT2D eigenvalue weighted by molar-refractivity contribution is 7.92. The first-order valence-electron chi connectivity index (χ1n) is 9.51. The molecule has 10 heteroatoms. The Balaban J connectivity index is 2.02. The van der Waals surface area contributed by atoms with Gasteiger partial charge in [-0.1, -0.05) is 23.2 Å². The molecule has 0 unspecified atom stereocenters. The number of hydrogen-bond acceptors (Lipinski definition) is 5. The lowest BCUT2D eigenvalue weighted by Gasteiger charge is -2.23. The lowest BCUT2D eigenvalue weighted by Crippen LogP contribution is -2.32. The molecule has 0 aliphatic rings. The van der Waals surface area contributed by atoms with Gasteiger partial charge in [-0.2, -0.15) is 0 Å². The maximum atomic E-state index is 12.5. The molecule has 0 saturated carbocycles. The van der Waals surface area contributed by atoms with Gasteiger partial charge in [0.2, 0.25) is 15.9 Å². The van der Waals surface area contributed by atoms with Crippen molar-refractivity contribution < 1.29 is 22.7 Å². The van der Waals surface area contributed by atoms with Gasteiger partial charge in [-0.05, 0) is 49.7 Å². The van der Waals surface area contributed by atoms with Gasteiger partial charge in [0.05, 0.1) is 42.2 Å². The van der Waals surface area contributed by atoms with Crippen molar-refractivity contribution in [3.8, 4) is 11.5 Å². The van der Waals surface area contributed by atoms with E-state index in [9.17, 15) is 13.2 Å². The second kappa shape index (κ2) is 10.9. The second-order valence-electron chi connectivity index (χ2n) is 6.93. The number of hydrogen-bond donors (Lipinski definition) is 1. The molecule has 1 N–H and O–H groups in total. The zero-order valence-electron chi connectivity index (χ0n) is 17.8. The molecule has 1 amide bonds. The smallest absolute Gasteiger partial charge is 0.232 e. The maximum absolute atomic E-state index is 12.5. The van der Waals surface area contributed by atoms with E-state index in [0.717, 1.165) is 11.8 Å². The van der Waals surface area contributed by atoms with Gasteiger partial charge in [0.1, 0.15) is 11.5 Å². The van der Waals surface area contributed by atoms with Crippen molar-refractivity contribution in [2.24, 2.45) is 0 Å². The Morgan fingerprint density at radius 1 is 1.10 bits per heavy atom. The average molecular weight is 489 g/mol. The number of halogens is 2. The van der Waals surface area contributed by atoms with E-state index in [1.165, 1.54) is 16.4 Å². The fourth-order valence-electron chi connectivity index (χ4n) is 3.08. The van der Waals surface area contributed by atoms with Crippen LogP contribution in [0.25, 0.3) is 0 Å². The molecule has 0 bridgehead atoms. The fraction of sp³-hybridized carbons (Fsp3) is 0.381. The van der Waals surface area contributed by atoms with Crippen LogP contribution in [0.1, 0.15) is 31.4 Å². The zero-order valence-corrected chi connectivity index (χ0v) is 20.1. The predicted octanol–water partition coefficient (Wildman–Crippen LogP) is 4.43. The van der Waals surface area contributed by atoms with E-state index in [0.29, 0.717) is 28.6 Å². The molecule has 31 heavy (non-hydrogen) atoms. The molecule has 2 rings (SSSR count). The molecular formula is C21H26Cl2N2O5S. The van der Waals surface area contributed by atoms with Crippen LogP contribution in [-0.2, 0) is 14.8 Å². The van der Waals surface area contributed by atoms with Crippen LogP contribution in [-0.4, -0.2) is 41.3 Å². The normalized spacial score (nSPS) is 12.2. The minimum Gasteiger partial charge on any atom is -0.497 e. The summed E-state index contributed by atoms with van der Waals surface area (Å²) >= 11 is 11.9. The number of ether oxygens (including phenoxy) is 2. The fourth-order valence-corrected chi connectivity index (χ4v) is 4.33. The van der Waals surface area contributed by atoms with Crippen molar-refractivity contribution in [2.45, 2.75) is 25.8 Å². The summed E-state index contributed by atoms with van der Waals surface area (Å²) < 4.78 is 36.3. The number of methoxy groups -OCH3 is 2.